The molecule has 0 spiro atoms. The minimum Gasteiger partial charge on any atom is -0.381 e. The zero-order valence-corrected chi connectivity index (χ0v) is 28.5. The van der Waals surface area contributed by atoms with Crippen LogP contribution in [0.3, 0.4) is 0 Å². The highest BCUT2D eigenvalue weighted by Crippen LogP contribution is 2.27. The van der Waals surface area contributed by atoms with Gasteiger partial charge in [-0.15, -0.1) is 0 Å². The van der Waals surface area contributed by atoms with Crippen LogP contribution in [0.2, 0.25) is 10.0 Å². The van der Waals surface area contributed by atoms with E-state index in [1.54, 1.807) is 33.6 Å². The van der Waals surface area contributed by atoms with E-state index in [2.05, 4.69) is 29.8 Å². The number of halogens is 4. The molecule has 0 amide bonds. The Kier molecular flexibility index (Phi) is 10.1. The Labute approximate surface area is 288 Å². The fourth-order valence-electron chi connectivity index (χ4n) is 6.66. The Hall–Kier alpha value is -3.91. The molecule has 0 radical (unpaired) electrons. The van der Waals surface area contributed by atoms with Crippen molar-refractivity contribution in [2.24, 2.45) is 0 Å². The lowest BCUT2D eigenvalue weighted by molar-refractivity contribution is -0.131. The molecule has 0 saturated carbocycles. The quantitative estimate of drug-likeness (QED) is 0.252. The Morgan fingerprint density at radius 2 is 1.00 bits per heavy atom. The second-order valence-electron chi connectivity index (χ2n) is 12.4. The van der Waals surface area contributed by atoms with Crippen LogP contribution in [0.25, 0.3) is 0 Å². The molecule has 15 heteroatoms. The van der Waals surface area contributed by atoms with Crippen molar-refractivity contribution in [2.45, 2.75) is 39.0 Å². The molecule has 2 aromatic heterocycles. The number of anilines is 4. The number of nitrogen functional groups attached to an aromatic ring is 2. The Balaban J connectivity index is 1.29. The number of Topliss-reactive ketones (excluding diaryl/α,β-unsaturated/α-hetero) is 1. The number of benzene rings is 2. The van der Waals surface area contributed by atoms with E-state index < -0.39 is 12.1 Å². The van der Waals surface area contributed by atoms with Gasteiger partial charge < -0.3 is 21.3 Å². The number of hydrogen-bond acceptors (Lipinski definition) is 9. The molecule has 2 aliphatic heterocycles. The van der Waals surface area contributed by atoms with Gasteiger partial charge in [-0.25, -0.2) is 8.78 Å². The van der Waals surface area contributed by atoms with Crippen molar-refractivity contribution in [1.82, 2.24) is 29.4 Å². The number of nitrogens with zero attached hydrogens (tertiary/aromatic N) is 8. The monoisotopic (exact) mass is 700 g/mol. The van der Waals surface area contributed by atoms with Crippen molar-refractivity contribution in [3.8, 4) is 0 Å². The maximum absolute atomic E-state index is 15.0. The van der Waals surface area contributed by atoms with Crippen LogP contribution in [0.5, 0.6) is 0 Å². The van der Waals surface area contributed by atoms with Gasteiger partial charge in [0, 0.05) is 63.7 Å². The summed E-state index contributed by atoms with van der Waals surface area (Å²) in [6, 6.07) is 11.8. The maximum atomic E-state index is 15.0. The van der Waals surface area contributed by atoms with Gasteiger partial charge in [-0.2, -0.15) is 10.2 Å². The molecular formula is C33H40Cl2F2N10O. The lowest BCUT2D eigenvalue weighted by Gasteiger charge is -2.43. The highest BCUT2D eigenvalue weighted by molar-refractivity contribution is 6.33. The molecule has 4 heterocycles. The van der Waals surface area contributed by atoms with Gasteiger partial charge in [0.2, 0.25) is 0 Å². The highest BCUT2D eigenvalue weighted by Gasteiger charge is 2.39. The first-order valence-electron chi connectivity index (χ1n) is 16.0. The largest absolute Gasteiger partial charge is 0.381 e. The summed E-state index contributed by atoms with van der Waals surface area (Å²) in [4.78, 5) is 23.8. The number of ketones is 1. The number of rotatable bonds is 10. The molecule has 2 aromatic carbocycles. The van der Waals surface area contributed by atoms with Crippen molar-refractivity contribution in [2.75, 3.05) is 73.6 Å². The molecule has 4 N–H and O–H groups in total. The van der Waals surface area contributed by atoms with E-state index in [9.17, 15) is 8.78 Å². The summed E-state index contributed by atoms with van der Waals surface area (Å²) in [6.45, 7) is 9.20. The first kappa shape index (κ1) is 34.0. The second-order valence-corrected chi connectivity index (χ2v) is 13.1. The van der Waals surface area contributed by atoms with Crippen molar-refractivity contribution in [3.63, 3.8) is 0 Å². The molecule has 2 aliphatic rings. The van der Waals surface area contributed by atoms with Crippen molar-refractivity contribution in [1.29, 1.82) is 0 Å². The van der Waals surface area contributed by atoms with Gasteiger partial charge in [-0.1, -0.05) is 23.2 Å². The standard InChI is InChI=1S/C33H40Cl2F2N10O/c1-21-29(34)32(38)40-46(21)19-27(44-15-11-42(12-16-44)25-7-3-23(36)4-8-25)31(48)28(20-47-22(2)30(35)33(39)41-47)45-17-13-43(14-18-45)26-9-5-24(37)6-10-26/h3-10,27-28H,11-20H2,1-2H3,(H2,38,40)(H2,39,41). The summed E-state index contributed by atoms with van der Waals surface area (Å²) < 4.78 is 30.6. The summed E-state index contributed by atoms with van der Waals surface area (Å²) in [5, 5.41) is 9.68. The minimum absolute atomic E-state index is 0.00894. The van der Waals surface area contributed by atoms with E-state index in [-0.39, 0.29) is 42.1 Å². The number of carbonyl (C=O) groups is 1. The number of aromatic nitrogens is 4. The maximum Gasteiger partial charge on any atom is 0.170 e. The van der Waals surface area contributed by atoms with Gasteiger partial charge in [0.25, 0.3) is 0 Å². The van der Waals surface area contributed by atoms with Crippen LogP contribution in [-0.2, 0) is 17.9 Å². The number of hydrogen-bond donors (Lipinski definition) is 2. The molecule has 2 fully saturated rings. The van der Waals surface area contributed by atoms with Crippen LogP contribution in [0, 0.1) is 25.5 Å². The molecule has 6 rings (SSSR count). The van der Waals surface area contributed by atoms with Crippen molar-refractivity contribution >= 4 is 52.0 Å². The SMILES string of the molecule is Cc1c(Cl)c(N)nn1CC(C(=O)C(Cn1nc(N)c(Cl)c1C)N1CCN(c2ccc(F)cc2)CC1)N1CCN(c2ccc(F)cc2)CC1. The zero-order valence-electron chi connectivity index (χ0n) is 27.0. The summed E-state index contributed by atoms with van der Waals surface area (Å²) in [6.07, 6.45) is 0. The Bertz CT molecular complexity index is 1600. The van der Waals surface area contributed by atoms with Crippen LogP contribution < -0.4 is 21.3 Å². The van der Waals surface area contributed by atoms with Gasteiger partial charge in [0.05, 0.1) is 36.6 Å². The fourth-order valence-corrected chi connectivity index (χ4v) is 6.93. The molecule has 256 valence electrons. The molecule has 11 nitrogen and oxygen atoms in total. The van der Waals surface area contributed by atoms with E-state index in [4.69, 9.17) is 34.7 Å². The predicted octanol–water partition coefficient (Wildman–Crippen LogP) is 4.10. The average molecular weight is 702 g/mol. The van der Waals surface area contributed by atoms with Crippen LogP contribution in [0.4, 0.5) is 31.8 Å². The first-order valence-corrected chi connectivity index (χ1v) is 16.8. The van der Waals surface area contributed by atoms with Gasteiger partial charge in [-0.05, 0) is 62.4 Å². The highest BCUT2D eigenvalue weighted by atomic mass is 35.5. The minimum atomic E-state index is -0.571. The molecule has 0 bridgehead atoms. The van der Waals surface area contributed by atoms with Crippen LogP contribution in [0.15, 0.2) is 48.5 Å². The fraction of sp³-hybridized carbons (Fsp3) is 0.424. The Morgan fingerprint density at radius 1 is 0.667 bits per heavy atom. The third-order valence-corrected chi connectivity index (χ3v) is 10.5. The van der Waals surface area contributed by atoms with E-state index >= 15 is 4.79 Å². The lowest BCUT2D eigenvalue weighted by atomic mass is 9.99. The van der Waals surface area contributed by atoms with Crippen LogP contribution >= 0.6 is 23.2 Å². The summed E-state index contributed by atoms with van der Waals surface area (Å²) in [5.74, 6) is -0.125. The molecule has 4 aromatic rings. The number of carbonyl (C=O) groups excluding carboxylic acids is 1. The molecular weight excluding hydrogens is 661 g/mol. The first-order chi connectivity index (χ1) is 23.0. The number of piperazine rings is 2. The second kappa shape index (κ2) is 14.3. The third kappa shape index (κ3) is 7.09. The molecule has 0 aliphatic carbocycles. The van der Waals surface area contributed by atoms with E-state index in [0.717, 1.165) is 11.4 Å². The van der Waals surface area contributed by atoms with Gasteiger partial charge in [-0.3, -0.25) is 24.0 Å². The number of nitrogens with two attached hydrogens (primary N) is 2. The van der Waals surface area contributed by atoms with E-state index in [1.165, 1.54) is 24.3 Å². The van der Waals surface area contributed by atoms with Gasteiger partial charge >= 0.3 is 0 Å². The summed E-state index contributed by atoms with van der Waals surface area (Å²) in [7, 11) is 0. The van der Waals surface area contributed by atoms with E-state index in [0.29, 0.717) is 73.8 Å². The van der Waals surface area contributed by atoms with E-state index in [1.807, 2.05) is 13.8 Å². The van der Waals surface area contributed by atoms with Crippen LogP contribution in [-0.4, -0.2) is 99.6 Å². The Morgan fingerprint density at radius 3 is 1.29 bits per heavy atom. The average Bonchev–Trinajstić information content (AvgIpc) is 3.49. The third-order valence-electron chi connectivity index (χ3n) is 9.56. The lowest BCUT2D eigenvalue weighted by Crippen LogP contribution is -2.61. The molecule has 2 saturated heterocycles. The summed E-state index contributed by atoms with van der Waals surface area (Å²) in [5.41, 5.74) is 15.4. The van der Waals surface area contributed by atoms with Gasteiger partial charge in [0.15, 0.2) is 17.4 Å². The zero-order chi connectivity index (χ0) is 34.1. The summed E-state index contributed by atoms with van der Waals surface area (Å²) >= 11 is 12.9. The van der Waals surface area contributed by atoms with Crippen LogP contribution in [0.1, 0.15) is 11.4 Å². The molecule has 2 unspecified atom stereocenters. The normalized spacial score (nSPS) is 17.5. The van der Waals surface area contributed by atoms with Gasteiger partial charge in [0.1, 0.15) is 21.7 Å². The topological polar surface area (TPSA) is 118 Å². The van der Waals surface area contributed by atoms with Crippen molar-refractivity contribution < 1.29 is 13.6 Å². The molecule has 48 heavy (non-hydrogen) atoms. The van der Waals surface area contributed by atoms with Crippen molar-refractivity contribution in [3.05, 3.63) is 81.6 Å². The molecule has 2 atom stereocenters. The smallest absolute Gasteiger partial charge is 0.170 e. The predicted molar refractivity (Wildman–Crippen MR) is 186 cm³/mol.